The highest BCUT2D eigenvalue weighted by Gasteiger charge is 2.41. The van der Waals surface area contributed by atoms with Crippen molar-refractivity contribution in [2.24, 2.45) is 5.92 Å². The van der Waals surface area contributed by atoms with Gasteiger partial charge < -0.3 is 14.7 Å². The van der Waals surface area contributed by atoms with Crippen LogP contribution >= 0.6 is 0 Å². The topological polar surface area (TPSA) is 43.9 Å². The van der Waals surface area contributed by atoms with Crippen LogP contribution in [0.1, 0.15) is 45.4 Å². The van der Waals surface area contributed by atoms with E-state index in [4.69, 9.17) is 0 Å². The molecule has 0 spiro atoms. The van der Waals surface area contributed by atoms with E-state index in [1.807, 2.05) is 4.90 Å². The van der Waals surface area contributed by atoms with E-state index in [2.05, 4.69) is 16.8 Å². The second kappa shape index (κ2) is 6.57. The lowest BCUT2D eigenvalue weighted by Crippen LogP contribution is -2.51. The van der Waals surface area contributed by atoms with Crippen LogP contribution in [0.25, 0.3) is 0 Å². The maximum absolute atomic E-state index is 13.0. The van der Waals surface area contributed by atoms with Crippen molar-refractivity contribution in [1.82, 2.24) is 14.7 Å². The first-order valence-corrected chi connectivity index (χ1v) is 8.84. The molecule has 3 saturated heterocycles. The van der Waals surface area contributed by atoms with E-state index in [1.165, 1.54) is 12.8 Å². The number of piperidine rings is 1. The van der Waals surface area contributed by atoms with Crippen molar-refractivity contribution in [1.29, 1.82) is 0 Å². The zero-order chi connectivity index (χ0) is 15.7. The van der Waals surface area contributed by atoms with Gasteiger partial charge in [-0.15, -0.1) is 0 Å². The molecule has 0 bridgehead atoms. The van der Waals surface area contributed by atoms with Gasteiger partial charge in [-0.1, -0.05) is 0 Å². The summed E-state index contributed by atoms with van der Waals surface area (Å²) in [4.78, 5) is 31.0. The van der Waals surface area contributed by atoms with E-state index in [9.17, 15) is 9.59 Å². The first-order chi connectivity index (χ1) is 10.6. The molecule has 0 unspecified atom stereocenters. The molecule has 5 nitrogen and oxygen atoms in total. The number of nitrogens with zero attached hydrogens (tertiary/aromatic N) is 3. The highest BCUT2D eigenvalue weighted by atomic mass is 16.2. The van der Waals surface area contributed by atoms with Gasteiger partial charge in [0.25, 0.3) is 0 Å². The molecule has 5 heteroatoms. The largest absolute Gasteiger partial charge is 0.342 e. The van der Waals surface area contributed by atoms with Crippen LogP contribution < -0.4 is 0 Å². The molecular formula is C17H29N3O2. The van der Waals surface area contributed by atoms with Gasteiger partial charge in [0, 0.05) is 38.6 Å². The lowest BCUT2D eigenvalue weighted by molar-refractivity contribution is -0.141. The van der Waals surface area contributed by atoms with Gasteiger partial charge >= 0.3 is 0 Å². The predicted octanol–water partition coefficient (Wildman–Crippen LogP) is 1.33. The Balaban J connectivity index is 1.66. The summed E-state index contributed by atoms with van der Waals surface area (Å²) < 4.78 is 0. The molecule has 3 heterocycles. The van der Waals surface area contributed by atoms with E-state index < -0.39 is 0 Å². The third-order valence-corrected chi connectivity index (χ3v) is 5.82. The minimum Gasteiger partial charge on any atom is -0.342 e. The third kappa shape index (κ3) is 3.00. The van der Waals surface area contributed by atoms with E-state index in [-0.39, 0.29) is 11.8 Å². The number of amides is 2. The van der Waals surface area contributed by atoms with Crippen LogP contribution in [0.5, 0.6) is 0 Å². The number of hydrogen-bond acceptors (Lipinski definition) is 3. The van der Waals surface area contributed by atoms with Crippen LogP contribution in [0, 0.1) is 5.92 Å². The molecule has 0 radical (unpaired) electrons. The van der Waals surface area contributed by atoms with Crippen LogP contribution in [-0.4, -0.2) is 71.8 Å². The van der Waals surface area contributed by atoms with Gasteiger partial charge in [-0.3, -0.25) is 9.59 Å². The van der Waals surface area contributed by atoms with Crippen molar-refractivity contribution in [3.63, 3.8) is 0 Å². The van der Waals surface area contributed by atoms with Crippen LogP contribution in [0.3, 0.4) is 0 Å². The van der Waals surface area contributed by atoms with Crippen LogP contribution in [-0.2, 0) is 9.59 Å². The standard InChI is InChI=1S/C17H29N3O2/c1-13(21)19-10-3-6-14(12-19)17(22)20-11-5-8-16(20)15-7-4-9-18(15)2/h14-16H,3-12H2,1-2H3/t14-,15-,16-/m0/s1. The predicted molar refractivity (Wildman–Crippen MR) is 85.4 cm³/mol. The normalized spacial score (nSPS) is 33.5. The molecular weight excluding hydrogens is 278 g/mol. The molecule has 0 saturated carbocycles. The average Bonchev–Trinajstić information content (AvgIpc) is 3.14. The molecule has 3 aliphatic heterocycles. The molecule has 3 rings (SSSR count). The first-order valence-electron chi connectivity index (χ1n) is 8.84. The summed E-state index contributed by atoms with van der Waals surface area (Å²) in [5.74, 6) is 0.421. The number of carbonyl (C=O) groups excluding carboxylic acids is 2. The van der Waals surface area contributed by atoms with Crippen molar-refractivity contribution in [2.75, 3.05) is 33.2 Å². The SMILES string of the molecule is CC(=O)N1CCC[C@H](C(=O)N2CCC[C@H]2[C@@H]2CCCN2C)C1. The van der Waals surface area contributed by atoms with Crippen molar-refractivity contribution >= 4 is 11.8 Å². The summed E-state index contributed by atoms with van der Waals surface area (Å²) in [6.07, 6.45) is 6.63. The molecule has 0 aromatic rings. The van der Waals surface area contributed by atoms with E-state index in [0.717, 1.165) is 45.3 Å². The average molecular weight is 307 g/mol. The van der Waals surface area contributed by atoms with Gasteiger partial charge in [0.05, 0.1) is 5.92 Å². The number of hydrogen-bond donors (Lipinski definition) is 0. The fourth-order valence-electron chi connectivity index (χ4n) is 4.59. The summed E-state index contributed by atoms with van der Waals surface area (Å²) in [5, 5.41) is 0. The molecule has 0 N–H and O–H groups in total. The Hall–Kier alpha value is -1.10. The second-order valence-electron chi connectivity index (χ2n) is 7.24. The Bertz CT molecular complexity index is 440. The Morgan fingerprint density at radius 2 is 1.59 bits per heavy atom. The van der Waals surface area contributed by atoms with Crippen molar-refractivity contribution in [3.8, 4) is 0 Å². The minimum absolute atomic E-state index is 0.0185. The fourth-order valence-corrected chi connectivity index (χ4v) is 4.59. The van der Waals surface area contributed by atoms with Gasteiger partial charge in [-0.05, 0) is 52.1 Å². The molecule has 0 aliphatic carbocycles. The van der Waals surface area contributed by atoms with Gasteiger partial charge in [0.1, 0.15) is 0 Å². The molecule has 3 fully saturated rings. The zero-order valence-corrected chi connectivity index (χ0v) is 14.0. The van der Waals surface area contributed by atoms with E-state index in [0.29, 0.717) is 24.5 Å². The number of rotatable bonds is 2. The summed E-state index contributed by atoms with van der Waals surface area (Å²) >= 11 is 0. The summed E-state index contributed by atoms with van der Waals surface area (Å²) in [5.41, 5.74) is 0. The van der Waals surface area contributed by atoms with Gasteiger partial charge in [-0.2, -0.15) is 0 Å². The molecule has 22 heavy (non-hydrogen) atoms. The lowest BCUT2D eigenvalue weighted by atomic mass is 9.95. The molecule has 3 atom stereocenters. The molecule has 3 aliphatic rings. The summed E-state index contributed by atoms with van der Waals surface area (Å²) in [7, 11) is 2.19. The number of likely N-dealkylation sites (tertiary alicyclic amines) is 3. The summed E-state index contributed by atoms with van der Waals surface area (Å²) in [6.45, 7) is 5.11. The Morgan fingerprint density at radius 1 is 0.909 bits per heavy atom. The first kappa shape index (κ1) is 15.8. The molecule has 0 aromatic heterocycles. The van der Waals surface area contributed by atoms with Crippen LogP contribution in [0.15, 0.2) is 0 Å². The Morgan fingerprint density at radius 3 is 2.27 bits per heavy atom. The maximum Gasteiger partial charge on any atom is 0.227 e. The van der Waals surface area contributed by atoms with E-state index >= 15 is 0 Å². The summed E-state index contributed by atoms with van der Waals surface area (Å²) in [6, 6.07) is 0.937. The monoisotopic (exact) mass is 307 g/mol. The number of likely N-dealkylation sites (N-methyl/N-ethyl adjacent to an activating group) is 1. The fraction of sp³-hybridized carbons (Fsp3) is 0.882. The smallest absolute Gasteiger partial charge is 0.227 e. The van der Waals surface area contributed by atoms with Crippen LogP contribution in [0.2, 0.25) is 0 Å². The van der Waals surface area contributed by atoms with Crippen molar-refractivity contribution in [3.05, 3.63) is 0 Å². The minimum atomic E-state index is 0.0185. The van der Waals surface area contributed by atoms with Gasteiger partial charge in [0.2, 0.25) is 11.8 Å². The highest BCUT2D eigenvalue weighted by Crippen LogP contribution is 2.31. The Kier molecular flexibility index (Phi) is 4.71. The van der Waals surface area contributed by atoms with Crippen LogP contribution in [0.4, 0.5) is 0 Å². The third-order valence-electron chi connectivity index (χ3n) is 5.82. The molecule has 2 amide bonds. The quantitative estimate of drug-likeness (QED) is 0.773. The molecule has 0 aromatic carbocycles. The highest BCUT2D eigenvalue weighted by molar-refractivity contribution is 5.81. The van der Waals surface area contributed by atoms with Crippen molar-refractivity contribution in [2.45, 2.75) is 57.5 Å². The second-order valence-corrected chi connectivity index (χ2v) is 7.24. The van der Waals surface area contributed by atoms with E-state index in [1.54, 1.807) is 6.92 Å². The zero-order valence-electron chi connectivity index (χ0n) is 14.0. The Labute approximate surface area is 133 Å². The maximum atomic E-state index is 13.0. The van der Waals surface area contributed by atoms with Gasteiger partial charge in [0.15, 0.2) is 0 Å². The molecule has 124 valence electrons. The van der Waals surface area contributed by atoms with Gasteiger partial charge in [-0.25, -0.2) is 0 Å². The van der Waals surface area contributed by atoms with Crippen molar-refractivity contribution < 1.29 is 9.59 Å². The lowest BCUT2D eigenvalue weighted by Gasteiger charge is -2.38. The number of carbonyl (C=O) groups is 2.